The van der Waals surface area contributed by atoms with Crippen LogP contribution in [0.15, 0.2) is 36.7 Å². The van der Waals surface area contributed by atoms with Crippen LogP contribution in [0.1, 0.15) is 31.2 Å². The van der Waals surface area contributed by atoms with Crippen molar-refractivity contribution in [3.05, 3.63) is 42.2 Å². The van der Waals surface area contributed by atoms with Crippen molar-refractivity contribution < 1.29 is 13.2 Å². The summed E-state index contributed by atoms with van der Waals surface area (Å²) in [6.45, 7) is 1.65. The second-order valence-electron chi connectivity index (χ2n) is 8.86. The predicted molar refractivity (Wildman–Crippen MR) is 119 cm³/mol. The van der Waals surface area contributed by atoms with Gasteiger partial charge in [0.25, 0.3) is 0 Å². The summed E-state index contributed by atoms with van der Waals surface area (Å²) in [5.41, 5.74) is 6.34. The average molecular weight is 429 g/mol. The van der Waals surface area contributed by atoms with Crippen LogP contribution in [-0.4, -0.2) is 41.9 Å². The molecule has 1 unspecified atom stereocenters. The van der Waals surface area contributed by atoms with Crippen molar-refractivity contribution in [1.29, 1.82) is 0 Å². The number of piperidine rings is 1. The number of hydrogen-bond acceptors (Lipinski definition) is 3. The van der Waals surface area contributed by atoms with E-state index >= 15 is 0 Å². The number of hydrogen-bond donors (Lipinski definition) is 0. The van der Waals surface area contributed by atoms with Crippen molar-refractivity contribution in [2.75, 3.05) is 29.9 Å². The third-order valence-electron chi connectivity index (χ3n) is 6.76. The summed E-state index contributed by atoms with van der Waals surface area (Å²) < 4.78 is 41.9. The largest absolute Gasteiger partial charge is 0.391 e. The molecule has 1 atom stereocenters. The van der Waals surface area contributed by atoms with Gasteiger partial charge in [-0.05, 0) is 48.9 Å². The molecule has 1 aromatic carbocycles. The lowest BCUT2D eigenvalue weighted by molar-refractivity contribution is -0.139. The fourth-order valence-electron chi connectivity index (χ4n) is 5.25. The fourth-order valence-corrected chi connectivity index (χ4v) is 5.25. The first-order chi connectivity index (χ1) is 14.8. The van der Waals surface area contributed by atoms with Gasteiger partial charge in [-0.25, -0.2) is 4.98 Å². The molecule has 4 nitrogen and oxygen atoms in total. The minimum Gasteiger partial charge on any atom is -0.374 e. The van der Waals surface area contributed by atoms with Crippen LogP contribution in [0.2, 0.25) is 0 Å². The fraction of sp³-hybridized carbons (Fsp3) is 0.458. The molecule has 1 saturated heterocycles. The Hall–Kier alpha value is -2.70. The Morgan fingerprint density at radius 3 is 2.71 bits per heavy atom. The highest BCUT2D eigenvalue weighted by molar-refractivity contribution is 6.03. The monoisotopic (exact) mass is 428 g/mol. The van der Waals surface area contributed by atoms with Gasteiger partial charge in [-0.2, -0.15) is 13.2 Å². The smallest absolute Gasteiger partial charge is 0.374 e. The summed E-state index contributed by atoms with van der Waals surface area (Å²) in [5, 5.41) is 0.944. The van der Waals surface area contributed by atoms with Crippen molar-refractivity contribution in [2.24, 2.45) is 7.05 Å². The number of aromatic nitrogens is 2. The highest BCUT2D eigenvalue weighted by Gasteiger charge is 2.36. The van der Waals surface area contributed by atoms with Gasteiger partial charge in [0.15, 0.2) is 0 Å². The van der Waals surface area contributed by atoms with Crippen molar-refractivity contribution in [3.63, 3.8) is 0 Å². The number of benzene rings is 1. The number of halogens is 3. The second kappa shape index (κ2) is 7.46. The molecule has 164 valence electrons. The number of aryl methyl sites for hydroxylation is 1. The lowest BCUT2D eigenvalue weighted by atomic mass is 9.96. The molecule has 3 aromatic rings. The maximum Gasteiger partial charge on any atom is 0.391 e. The number of pyridine rings is 1. The van der Waals surface area contributed by atoms with Gasteiger partial charge in [0.05, 0.1) is 17.5 Å². The van der Waals surface area contributed by atoms with Crippen molar-refractivity contribution in [3.8, 4) is 11.1 Å². The minimum atomic E-state index is -4.17. The zero-order chi connectivity index (χ0) is 21.8. The van der Waals surface area contributed by atoms with Crippen LogP contribution in [0.25, 0.3) is 22.2 Å². The van der Waals surface area contributed by atoms with Gasteiger partial charge in [0.2, 0.25) is 0 Å². The summed E-state index contributed by atoms with van der Waals surface area (Å²) in [6.07, 6.45) is 2.18. The van der Waals surface area contributed by atoms with E-state index in [-0.39, 0.29) is 0 Å². The average Bonchev–Trinajstić information content (AvgIpc) is 3.27. The Balaban J connectivity index is 1.65. The quantitative estimate of drug-likeness (QED) is 0.547. The van der Waals surface area contributed by atoms with Crippen molar-refractivity contribution >= 4 is 22.4 Å². The van der Waals surface area contributed by atoms with E-state index in [9.17, 15) is 13.2 Å². The summed E-state index contributed by atoms with van der Waals surface area (Å²) in [4.78, 5) is 8.81. The van der Waals surface area contributed by atoms with Crippen LogP contribution in [-0.2, 0) is 13.5 Å². The molecule has 2 aromatic heterocycles. The molecule has 0 bridgehead atoms. The van der Waals surface area contributed by atoms with E-state index in [2.05, 4.69) is 41.3 Å². The molecule has 2 aliphatic rings. The van der Waals surface area contributed by atoms with Gasteiger partial charge in [-0.3, -0.25) is 0 Å². The number of fused-ring (bicyclic) bond motifs is 2. The maximum absolute atomic E-state index is 13.3. The molecule has 0 N–H and O–H groups in total. The van der Waals surface area contributed by atoms with Gasteiger partial charge in [0.1, 0.15) is 5.65 Å². The van der Waals surface area contributed by atoms with Crippen LogP contribution < -0.4 is 9.80 Å². The molecule has 0 spiro atoms. The number of alkyl halides is 3. The molecule has 0 saturated carbocycles. The molecule has 4 heterocycles. The van der Waals surface area contributed by atoms with E-state index in [0.29, 0.717) is 13.0 Å². The Kier molecular flexibility index (Phi) is 4.87. The number of likely N-dealkylation sites (N-methyl/N-ethyl adjacent to an activating group) is 1. The summed E-state index contributed by atoms with van der Waals surface area (Å²) >= 11 is 0. The topological polar surface area (TPSA) is 24.3 Å². The van der Waals surface area contributed by atoms with Gasteiger partial charge in [-0.15, -0.1) is 0 Å². The SMILES string of the molecule is CN1CCc2ccc(-c3cn(C)c4nccc(N5CCCCC5CC(F)(F)F)c34)cc21. The van der Waals surface area contributed by atoms with Gasteiger partial charge in [0, 0.05) is 56.9 Å². The van der Waals surface area contributed by atoms with E-state index in [1.54, 1.807) is 6.20 Å². The molecule has 0 aliphatic carbocycles. The zero-order valence-corrected chi connectivity index (χ0v) is 17.9. The van der Waals surface area contributed by atoms with Crippen molar-refractivity contribution in [2.45, 2.75) is 44.3 Å². The van der Waals surface area contributed by atoms with E-state index in [0.717, 1.165) is 53.7 Å². The lowest BCUT2D eigenvalue weighted by Crippen LogP contribution is -2.42. The molecular weight excluding hydrogens is 401 g/mol. The maximum atomic E-state index is 13.3. The Morgan fingerprint density at radius 2 is 1.90 bits per heavy atom. The van der Waals surface area contributed by atoms with E-state index in [4.69, 9.17) is 0 Å². The second-order valence-corrected chi connectivity index (χ2v) is 8.86. The summed E-state index contributed by atoms with van der Waals surface area (Å²) in [5.74, 6) is 0. The molecule has 31 heavy (non-hydrogen) atoms. The first-order valence-electron chi connectivity index (χ1n) is 10.9. The van der Waals surface area contributed by atoms with Crippen LogP contribution in [0.5, 0.6) is 0 Å². The van der Waals surface area contributed by atoms with Crippen molar-refractivity contribution in [1.82, 2.24) is 9.55 Å². The number of rotatable bonds is 3. The molecular formula is C24H27F3N4. The first-order valence-corrected chi connectivity index (χ1v) is 10.9. The molecule has 2 aliphatic heterocycles. The van der Waals surface area contributed by atoms with Crippen LogP contribution in [0.3, 0.4) is 0 Å². The molecule has 1 fully saturated rings. The van der Waals surface area contributed by atoms with Crippen LogP contribution >= 0.6 is 0 Å². The van der Waals surface area contributed by atoms with E-state index in [1.165, 1.54) is 11.3 Å². The predicted octanol–water partition coefficient (Wildman–Crippen LogP) is 5.54. The molecule has 5 rings (SSSR count). The third kappa shape index (κ3) is 3.64. The normalized spacial score (nSPS) is 19.3. The third-order valence-corrected chi connectivity index (χ3v) is 6.76. The highest BCUT2D eigenvalue weighted by atomic mass is 19.4. The summed E-state index contributed by atoms with van der Waals surface area (Å²) in [6, 6.07) is 7.87. The Bertz CT molecular complexity index is 1120. The van der Waals surface area contributed by atoms with Crippen LogP contribution in [0.4, 0.5) is 24.5 Å². The molecule has 0 radical (unpaired) electrons. The highest BCUT2D eigenvalue weighted by Crippen LogP contribution is 2.41. The first kappa shape index (κ1) is 20.2. The van der Waals surface area contributed by atoms with Gasteiger partial charge < -0.3 is 14.4 Å². The minimum absolute atomic E-state index is 0.529. The van der Waals surface area contributed by atoms with Crippen LogP contribution in [0, 0.1) is 0 Å². The Labute approximate surface area is 180 Å². The number of anilines is 2. The van der Waals surface area contributed by atoms with Gasteiger partial charge in [-0.1, -0.05) is 12.1 Å². The summed E-state index contributed by atoms with van der Waals surface area (Å²) in [7, 11) is 4.05. The Morgan fingerprint density at radius 1 is 1.06 bits per heavy atom. The number of nitrogens with zero attached hydrogens (tertiary/aromatic N) is 4. The lowest BCUT2D eigenvalue weighted by Gasteiger charge is -2.38. The molecule has 0 amide bonds. The van der Waals surface area contributed by atoms with E-state index in [1.807, 2.05) is 22.6 Å². The van der Waals surface area contributed by atoms with Gasteiger partial charge >= 0.3 is 6.18 Å². The zero-order valence-electron chi connectivity index (χ0n) is 17.9. The standard InChI is InChI=1S/C24H27F3N4/c1-29-12-9-16-6-7-17(13-21(16)29)19-15-30(2)23-22(19)20(8-10-28-23)31-11-4-3-5-18(31)14-24(25,26)27/h6-8,10,13,15,18H,3-5,9,11-12,14H2,1-2H3. The van der Waals surface area contributed by atoms with E-state index < -0.39 is 18.6 Å². The molecule has 7 heteroatoms.